The standard InChI is InChI=1S/C25H30N4O3S/c1-18-8-7-9-21(16-18)17-29-20(3)24(19(2)27-29)26-25(30)22-12-14-28(15-13-22)33(31,32)23-10-5-4-6-11-23/h4-11,16,22H,12-15,17H2,1-3H3,(H,26,30). The summed E-state index contributed by atoms with van der Waals surface area (Å²) in [6.07, 6.45) is 0.987. The number of hydrogen-bond donors (Lipinski definition) is 1. The maximum Gasteiger partial charge on any atom is 0.243 e. The summed E-state index contributed by atoms with van der Waals surface area (Å²) in [5.74, 6) is -0.306. The molecule has 1 saturated heterocycles. The van der Waals surface area contributed by atoms with Gasteiger partial charge in [-0.25, -0.2) is 8.42 Å². The number of aryl methyl sites for hydroxylation is 2. The number of rotatable bonds is 6. The van der Waals surface area contributed by atoms with Gasteiger partial charge in [0.05, 0.1) is 28.5 Å². The monoisotopic (exact) mass is 466 g/mol. The third-order valence-corrected chi connectivity index (χ3v) is 8.16. The average Bonchev–Trinajstić information content (AvgIpc) is 3.07. The Kier molecular flexibility index (Phi) is 6.67. The molecule has 2 heterocycles. The van der Waals surface area contributed by atoms with E-state index in [0.717, 1.165) is 22.6 Å². The highest BCUT2D eigenvalue weighted by molar-refractivity contribution is 7.89. The Labute approximate surface area is 195 Å². The summed E-state index contributed by atoms with van der Waals surface area (Å²) in [7, 11) is -3.52. The molecule has 1 aliphatic rings. The SMILES string of the molecule is Cc1cccc(Cn2nc(C)c(NC(=O)C3CCN(S(=O)(=O)c4ccccc4)CC3)c2C)c1. The zero-order chi connectivity index (χ0) is 23.6. The predicted octanol–water partition coefficient (Wildman–Crippen LogP) is 3.90. The summed E-state index contributed by atoms with van der Waals surface area (Å²) in [4.78, 5) is 13.3. The fraction of sp³-hybridized carbons (Fsp3) is 0.360. The second-order valence-corrected chi connectivity index (χ2v) is 10.6. The fourth-order valence-corrected chi connectivity index (χ4v) is 5.83. The molecule has 4 rings (SSSR count). The van der Waals surface area contributed by atoms with E-state index in [1.54, 1.807) is 30.3 Å². The van der Waals surface area contributed by atoms with E-state index in [1.807, 2.05) is 24.6 Å². The van der Waals surface area contributed by atoms with Gasteiger partial charge in [0.15, 0.2) is 0 Å². The van der Waals surface area contributed by atoms with Crippen LogP contribution in [0.3, 0.4) is 0 Å². The lowest BCUT2D eigenvalue weighted by Gasteiger charge is -2.30. The van der Waals surface area contributed by atoms with Crippen LogP contribution in [0.15, 0.2) is 59.5 Å². The maximum absolute atomic E-state index is 13.0. The second-order valence-electron chi connectivity index (χ2n) is 8.67. The first kappa shape index (κ1) is 23.2. The van der Waals surface area contributed by atoms with Gasteiger partial charge in [-0.05, 0) is 51.3 Å². The molecular weight excluding hydrogens is 436 g/mol. The van der Waals surface area contributed by atoms with Gasteiger partial charge >= 0.3 is 0 Å². The molecule has 0 aliphatic carbocycles. The summed E-state index contributed by atoms with van der Waals surface area (Å²) < 4.78 is 29.1. The number of carbonyl (C=O) groups excluding carboxylic acids is 1. The summed E-state index contributed by atoms with van der Waals surface area (Å²) in [5, 5.41) is 7.69. The van der Waals surface area contributed by atoms with Crippen molar-refractivity contribution >= 4 is 21.6 Å². The van der Waals surface area contributed by atoms with Crippen molar-refractivity contribution in [3.8, 4) is 0 Å². The van der Waals surface area contributed by atoms with Gasteiger partial charge in [-0.1, -0.05) is 48.0 Å². The molecule has 0 spiro atoms. The number of amides is 1. The van der Waals surface area contributed by atoms with Gasteiger partial charge in [0.1, 0.15) is 0 Å². The highest BCUT2D eigenvalue weighted by Gasteiger charge is 2.32. The maximum atomic E-state index is 13.0. The second kappa shape index (κ2) is 9.49. The number of aromatic nitrogens is 2. The third kappa shape index (κ3) is 5.02. The highest BCUT2D eigenvalue weighted by atomic mass is 32.2. The number of carbonyl (C=O) groups is 1. The Morgan fingerprint density at radius 2 is 1.73 bits per heavy atom. The molecule has 7 nitrogen and oxygen atoms in total. The van der Waals surface area contributed by atoms with Crippen LogP contribution in [-0.4, -0.2) is 41.5 Å². The molecule has 1 amide bonds. The van der Waals surface area contributed by atoms with E-state index < -0.39 is 10.0 Å². The van der Waals surface area contributed by atoms with E-state index in [1.165, 1.54) is 9.87 Å². The Morgan fingerprint density at radius 3 is 2.39 bits per heavy atom. The van der Waals surface area contributed by atoms with E-state index in [4.69, 9.17) is 0 Å². The number of nitrogens with one attached hydrogen (secondary N) is 1. The zero-order valence-corrected chi connectivity index (χ0v) is 20.1. The van der Waals surface area contributed by atoms with Gasteiger partial charge in [0.25, 0.3) is 0 Å². The molecule has 0 bridgehead atoms. The van der Waals surface area contributed by atoms with Crippen LogP contribution in [-0.2, 0) is 21.4 Å². The predicted molar refractivity (Wildman–Crippen MR) is 129 cm³/mol. The minimum atomic E-state index is -3.52. The molecule has 1 aromatic heterocycles. The summed E-state index contributed by atoms with van der Waals surface area (Å²) in [5.41, 5.74) is 4.78. The van der Waals surface area contributed by atoms with E-state index >= 15 is 0 Å². The van der Waals surface area contributed by atoms with Crippen LogP contribution in [0.5, 0.6) is 0 Å². The molecule has 0 unspecified atom stereocenters. The first-order chi connectivity index (χ1) is 15.8. The molecule has 1 N–H and O–H groups in total. The highest BCUT2D eigenvalue weighted by Crippen LogP contribution is 2.27. The fourth-order valence-electron chi connectivity index (χ4n) is 4.34. The van der Waals surface area contributed by atoms with Gasteiger partial charge in [-0.3, -0.25) is 9.48 Å². The molecule has 0 radical (unpaired) electrons. The lowest BCUT2D eigenvalue weighted by Crippen LogP contribution is -2.41. The van der Waals surface area contributed by atoms with Crippen LogP contribution < -0.4 is 5.32 Å². The van der Waals surface area contributed by atoms with Gasteiger partial charge in [0, 0.05) is 19.0 Å². The minimum Gasteiger partial charge on any atom is -0.323 e. The summed E-state index contributed by atoms with van der Waals surface area (Å²) in [6, 6.07) is 16.7. The number of benzene rings is 2. The van der Waals surface area contributed by atoms with E-state index in [2.05, 4.69) is 35.5 Å². The number of piperidine rings is 1. The number of hydrogen-bond acceptors (Lipinski definition) is 4. The zero-order valence-electron chi connectivity index (χ0n) is 19.3. The number of nitrogens with zero attached hydrogens (tertiary/aromatic N) is 3. The van der Waals surface area contributed by atoms with Gasteiger partial charge in [-0.2, -0.15) is 9.40 Å². The molecule has 8 heteroatoms. The smallest absolute Gasteiger partial charge is 0.243 e. The quantitative estimate of drug-likeness (QED) is 0.597. The van der Waals surface area contributed by atoms with Crippen molar-refractivity contribution in [3.63, 3.8) is 0 Å². The van der Waals surface area contributed by atoms with E-state index in [0.29, 0.717) is 37.4 Å². The van der Waals surface area contributed by atoms with Crippen molar-refractivity contribution in [3.05, 3.63) is 77.1 Å². The van der Waals surface area contributed by atoms with Crippen LogP contribution in [0.2, 0.25) is 0 Å². The Hall–Kier alpha value is -2.97. The molecule has 1 fully saturated rings. The normalized spacial score (nSPS) is 15.5. The first-order valence-electron chi connectivity index (χ1n) is 11.2. The van der Waals surface area contributed by atoms with E-state index in [9.17, 15) is 13.2 Å². The van der Waals surface area contributed by atoms with Crippen molar-refractivity contribution in [2.75, 3.05) is 18.4 Å². The molecule has 3 aromatic rings. The summed E-state index contributed by atoms with van der Waals surface area (Å²) in [6.45, 7) is 7.22. The van der Waals surface area contributed by atoms with Crippen LogP contribution in [0, 0.1) is 26.7 Å². The van der Waals surface area contributed by atoms with E-state index in [-0.39, 0.29) is 11.8 Å². The lowest BCUT2D eigenvalue weighted by atomic mass is 9.97. The third-order valence-electron chi connectivity index (χ3n) is 6.25. The van der Waals surface area contributed by atoms with Crippen molar-refractivity contribution < 1.29 is 13.2 Å². The lowest BCUT2D eigenvalue weighted by molar-refractivity contribution is -0.120. The van der Waals surface area contributed by atoms with Crippen LogP contribution in [0.4, 0.5) is 5.69 Å². The Balaban J connectivity index is 1.40. The molecular formula is C25H30N4O3S. The molecule has 0 atom stereocenters. The summed E-state index contributed by atoms with van der Waals surface area (Å²) >= 11 is 0. The van der Waals surface area contributed by atoms with Crippen molar-refractivity contribution in [1.82, 2.24) is 14.1 Å². The average molecular weight is 467 g/mol. The topological polar surface area (TPSA) is 84.3 Å². The van der Waals surface area contributed by atoms with Gasteiger partial charge in [-0.15, -0.1) is 0 Å². The van der Waals surface area contributed by atoms with Crippen molar-refractivity contribution in [2.45, 2.75) is 45.1 Å². The molecule has 174 valence electrons. The number of anilines is 1. The molecule has 33 heavy (non-hydrogen) atoms. The largest absolute Gasteiger partial charge is 0.323 e. The first-order valence-corrected chi connectivity index (χ1v) is 12.7. The Bertz CT molecular complexity index is 1240. The molecule has 1 aliphatic heterocycles. The van der Waals surface area contributed by atoms with Crippen LogP contribution in [0.25, 0.3) is 0 Å². The van der Waals surface area contributed by atoms with Crippen molar-refractivity contribution in [2.24, 2.45) is 5.92 Å². The van der Waals surface area contributed by atoms with Crippen LogP contribution >= 0.6 is 0 Å². The van der Waals surface area contributed by atoms with Gasteiger partial charge < -0.3 is 5.32 Å². The van der Waals surface area contributed by atoms with Gasteiger partial charge in [0.2, 0.25) is 15.9 Å². The Morgan fingerprint density at radius 1 is 1.03 bits per heavy atom. The number of sulfonamides is 1. The molecule has 0 saturated carbocycles. The minimum absolute atomic E-state index is 0.0759. The van der Waals surface area contributed by atoms with Crippen LogP contribution in [0.1, 0.15) is 35.4 Å². The van der Waals surface area contributed by atoms with Crippen molar-refractivity contribution in [1.29, 1.82) is 0 Å². The molecule has 2 aromatic carbocycles.